The van der Waals surface area contributed by atoms with Crippen LogP contribution in [0.3, 0.4) is 0 Å². The zero-order valence-electron chi connectivity index (χ0n) is 7.84. The van der Waals surface area contributed by atoms with E-state index in [1.807, 2.05) is 0 Å². The van der Waals surface area contributed by atoms with Crippen LogP contribution in [-0.4, -0.2) is 24.4 Å². The Hall–Kier alpha value is -1.31. The van der Waals surface area contributed by atoms with Crippen molar-refractivity contribution in [1.82, 2.24) is 4.98 Å². The van der Waals surface area contributed by atoms with E-state index in [2.05, 4.69) is 30.4 Å². The molecular weight excluding hydrogens is 295 g/mol. The van der Waals surface area contributed by atoms with Gasteiger partial charge in [0.25, 0.3) is 0 Å². The van der Waals surface area contributed by atoms with E-state index in [0.717, 1.165) is 13.2 Å². The number of ether oxygens (including phenoxy) is 2. The summed E-state index contributed by atoms with van der Waals surface area (Å²) in [4.78, 5) is 14.5. The summed E-state index contributed by atoms with van der Waals surface area (Å²) in [5.41, 5.74) is -0.288. The summed E-state index contributed by atoms with van der Waals surface area (Å²) in [6.07, 6.45) is -4.85. The SMILES string of the molecule is COC(=O)c1nc(OC(F)(F)F)ccc1Br. The van der Waals surface area contributed by atoms with E-state index in [4.69, 9.17) is 0 Å². The molecule has 0 aromatic carbocycles. The van der Waals surface area contributed by atoms with Crippen LogP contribution in [0, 0.1) is 0 Å². The van der Waals surface area contributed by atoms with Crippen LogP contribution < -0.4 is 4.74 Å². The van der Waals surface area contributed by atoms with Crippen molar-refractivity contribution in [2.45, 2.75) is 6.36 Å². The van der Waals surface area contributed by atoms with E-state index >= 15 is 0 Å². The van der Waals surface area contributed by atoms with Crippen molar-refractivity contribution in [1.29, 1.82) is 0 Å². The molecule has 1 heterocycles. The summed E-state index contributed by atoms with van der Waals surface area (Å²) in [6, 6.07) is 2.18. The highest BCUT2D eigenvalue weighted by molar-refractivity contribution is 9.10. The van der Waals surface area contributed by atoms with Crippen LogP contribution >= 0.6 is 15.9 Å². The van der Waals surface area contributed by atoms with Gasteiger partial charge >= 0.3 is 12.3 Å². The molecule has 0 fully saturated rings. The highest BCUT2D eigenvalue weighted by atomic mass is 79.9. The Morgan fingerprint density at radius 1 is 1.44 bits per heavy atom. The second kappa shape index (κ2) is 4.69. The monoisotopic (exact) mass is 299 g/mol. The number of carbonyl (C=O) groups is 1. The minimum Gasteiger partial charge on any atom is -0.464 e. The normalized spacial score (nSPS) is 11.1. The summed E-state index contributed by atoms with van der Waals surface area (Å²) < 4.78 is 43.7. The second-order valence-electron chi connectivity index (χ2n) is 2.52. The Labute approximate surface area is 96.5 Å². The van der Waals surface area contributed by atoms with E-state index in [1.165, 1.54) is 6.07 Å². The Morgan fingerprint density at radius 2 is 2.06 bits per heavy atom. The van der Waals surface area contributed by atoms with Crippen LogP contribution in [0.15, 0.2) is 16.6 Å². The van der Waals surface area contributed by atoms with Crippen molar-refractivity contribution in [2.75, 3.05) is 7.11 Å². The van der Waals surface area contributed by atoms with Gasteiger partial charge in [-0.3, -0.25) is 0 Å². The van der Waals surface area contributed by atoms with Gasteiger partial charge in [0, 0.05) is 6.07 Å². The molecule has 0 N–H and O–H groups in total. The van der Waals surface area contributed by atoms with Gasteiger partial charge in [-0.25, -0.2) is 9.78 Å². The van der Waals surface area contributed by atoms with Crippen molar-refractivity contribution in [3.8, 4) is 5.88 Å². The topological polar surface area (TPSA) is 48.4 Å². The van der Waals surface area contributed by atoms with Gasteiger partial charge in [-0.2, -0.15) is 0 Å². The molecule has 0 saturated heterocycles. The number of hydrogen-bond donors (Lipinski definition) is 0. The highest BCUT2D eigenvalue weighted by Gasteiger charge is 2.32. The molecule has 0 aliphatic heterocycles. The summed E-state index contributed by atoms with van der Waals surface area (Å²) in [7, 11) is 1.09. The first kappa shape index (κ1) is 12.8. The first-order valence-corrected chi connectivity index (χ1v) is 4.63. The fraction of sp³-hybridized carbons (Fsp3) is 0.250. The van der Waals surface area contributed by atoms with Crippen molar-refractivity contribution >= 4 is 21.9 Å². The van der Waals surface area contributed by atoms with Crippen LogP contribution in [0.2, 0.25) is 0 Å². The summed E-state index contributed by atoms with van der Waals surface area (Å²) in [5.74, 6) is -1.59. The number of nitrogens with zero attached hydrogens (tertiary/aromatic N) is 1. The quantitative estimate of drug-likeness (QED) is 0.788. The van der Waals surface area contributed by atoms with Crippen molar-refractivity contribution in [3.05, 3.63) is 22.3 Å². The number of esters is 1. The number of rotatable bonds is 2. The third-order valence-electron chi connectivity index (χ3n) is 1.42. The number of carbonyl (C=O) groups excluding carboxylic acids is 1. The highest BCUT2D eigenvalue weighted by Crippen LogP contribution is 2.24. The van der Waals surface area contributed by atoms with Crippen molar-refractivity contribution < 1.29 is 27.4 Å². The summed E-state index contributed by atoms with van der Waals surface area (Å²) in [6.45, 7) is 0. The molecule has 8 heteroatoms. The standard InChI is InChI=1S/C8H5BrF3NO3/c1-15-7(14)6-4(9)2-3-5(13-6)16-8(10,11)12/h2-3H,1H3. The second-order valence-corrected chi connectivity index (χ2v) is 3.37. The Bertz CT molecular complexity index is 408. The largest absolute Gasteiger partial charge is 0.574 e. The molecule has 1 aromatic rings. The fourth-order valence-corrected chi connectivity index (χ4v) is 1.22. The first-order valence-electron chi connectivity index (χ1n) is 3.84. The van der Waals surface area contributed by atoms with Crippen LogP contribution in [0.1, 0.15) is 10.5 Å². The minimum atomic E-state index is -4.85. The average Bonchev–Trinajstić information content (AvgIpc) is 2.18. The molecule has 0 aliphatic carbocycles. The maximum Gasteiger partial charge on any atom is 0.574 e. The van der Waals surface area contributed by atoms with Gasteiger partial charge in [0.15, 0.2) is 5.69 Å². The molecule has 0 radical (unpaired) electrons. The predicted molar refractivity (Wildman–Crippen MR) is 50.0 cm³/mol. The Morgan fingerprint density at radius 3 is 2.56 bits per heavy atom. The molecule has 0 bridgehead atoms. The van der Waals surface area contributed by atoms with Gasteiger partial charge in [-0.15, -0.1) is 13.2 Å². The maximum absolute atomic E-state index is 11.9. The van der Waals surface area contributed by atoms with Gasteiger partial charge in [-0.05, 0) is 22.0 Å². The summed E-state index contributed by atoms with van der Waals surface area (Å²) >= 11 is 2.95. The zero-order chi connectivity index (χ0) is 12.3. The molecule has 1 aromatic heterocycles. The molecule has 0 amide bonds. The van der Waals surface area contributed by atoms with Crippen LogP contribution in [0.5, 0.6) is 5.88 Å². The molecule has 0 atom stereocenters. The van der Waals surface area contributed by atoms with Gasteiger partial charge < -0.3 is 9.47 Å². The number of methoxy groups -OCH3 is 1. The molecule has 0 spiro atoms. The fourth-order valence-electron chi connectivity index (χ4n) is 0.839. The molecule has 16 heavy (non-hydrogen) atoms. The third-order valence-corrected chi connectivity index (χ3v) is 2.06. The number of aromatic nitrogens is 1. The Kier molecular flexibility index (Phi) is 3.74. The molecular formula is C8H5BrF3NO3. The summed E-state index contributed by atoms with van der Waals surface area (Å²) in [5, 5.41) is 0. The average molecular weight is 300 g/mol. The van der Waals surface area contributed by atoms with E-state index in [0.29, 0.717) is 0 Å². The molecule has 4 nitrogen and oxygen atoms in total. The lowest BCUT2D eigenvalue weighted by Crippen LogP contribution is -2.18. The smallest absolute Gasteiger partial charge is 0.464 e. The van der Waals surface area contributed by atoms with Crippen molar-refractivity contribution in [3.63, 3.8) is 0 Å². The van der Waals surface area contributed by atoms with Gasteiger partial charge in [0.2, 0.25) is 5.88 Å². The number of alkyl halides is 3. The van der Waals surface area contributed by atoms with E-state index in [1.54, 1.807) is 0 Å². The predicted octanol–water partition coefficient (Wildman–Crippen LogP) is 2.53. The molecule has 1 rings (SSSR count). The number of halogens is 4. The van der Waals surface area contributed by atoms with Gasteiger partial charge in [0.05, 0.1) is 11.6 Å². The zero-order valence-corrected chi connectivity index (χ0v) is 9.42. The van der Waals surface area contributed by atoms with E-state index < -0.39 is 18.2 Å². The van der Waals surface area contributed by atoms with Gasteiger partial charge in [-0.1, -0.05) is 0 Å². The lowest BCUT2D eigenvalue weighted by molar-refractivity contribution is -0.276. The van der Waals surface area contributed by atoms with E-state index in [-0.39, 0.29) is 10.2 Å². The Balaban J connectivity index is 3.03. The number of pyridine rings is 1. The molecule has 0 saturated carbocycles. The first-order chi connectivity index (χ1) is 7.33. The maximum atomic E-state index is 11.9. The van der Waals surface area contributed by atoms with E-state index in [9.17, 15) is 18.0 Å². The lowest BCUT2D eigenvalue weighted by Gasteiger charge is -2.09. The molecule has 0 unspecified atom stereocenters. The van der Waals surface area contributed by atoms with Crippen LogP contribution in [0.25, 0.3) is 0 Å². The van der Waals surface area contributed by atoms with Crippen LogP contribution in [0.4, 0.5) is 13.2 Å². The van der Waals surface area contributed by atoms with Gasteiger partial charge in [0.1, 0.15) is 0 Å². The van der Waals surface area contributed by atoms with Crippen LogP contribution in [-0.2, 0) is 4.74 Å². The molecule has 0 aliphatic rings. The number of hydrogen-bond acceptors (Lipinski definition) is 4. The van der Waals surface area contributed by atoms with Crippen molar-refractivity contribution in [2.24, 2.45) is 0 Å². The lowest BCUT2D eigenvalue weighted by atomic mass is 10.3. The minimum absolute atomic E-state index is 0.217. The third kappa shape index (κ3) is 3.37. The molecule has 88 valence electrons.